The number of rotatable bonds is 6. The number of amides is 2. The van der Waals surface area contributed by atoms with Gasteiger partial charge in [-0.3, -0.25) is 4.79 Å². The van der Waals surface area contributed by atoms with Gasteiger partial charge in [0.1, 0.15) is 6.04 Å². The van der Waals surface area contributed by atoms with E-state index in [1.54, 1.807) is 0 Å². The minimum atomic E-state index is -1.12. The highest BCUT2D eigenvalue weighted by molar-refractivity contribution is 5.77. The molecule has 1 saturated heterocycles. The summed E-state index contributed by atoms with van der Waals surface area (Å²) in [4.78, 5) is 23.9. The minimum Gasteiger partial charge on any atom is -0.480 e. The molecule has 0 spiro atoms. The zero-order valence-electron chi connectivity index (χ0n) is 9.82. The number of carbonyl (C=O) groups is 2. The molecular formula is C10H20N4O3. The molecule has 0 radical (unpaired) electrons. The number of hydrogen-bond acceptors (Lipinski definition) is 4. The third-order valence-corrected chi connectivity index (χ3v) is 2.71. The summed E-state index contributed by atoms with van der Waals surface area (Å²) in [5, 5.41) is 13.6. The van der Waals surface area contributed by atoms with Crippen LogP contribution in [0.5, 0.6) is 0 Å². The van der Waals surface area contributed by atoms with Crippen molar-refractivity contribution in [1.82, 2.24) is 15.5 Å². The smallest absolute Gasteiger partial charge is 0.322 e. The van der Waals surface area contributed by atoms with Gasteiger partial charge in [0.25, 0.3) is 0 Å². The Morgan fingerprint density at radius 1 is 1.29 bits per heavy atom. The zero-order valence-corrected chi connectivity index (χ0v) is 9.82. The molecular weight excluding hydrogens is 224 g/mol. The highest BCUT2D eigenvalue weighted by Crippen LogP contribution is 2.05. The highest BCUT2D eigenvalue weighted by Gasteiger charge is 2.13. The first-order valence-electron chi connectivity index (χ1n) is 5.82. The number of urea groups is 1. The number of aliphatic carboxylic acids is 1. The van der Waals surface area contributed by atoms with Crippen molar-refractivity contribution in [2.45, 2.75) is 18.9 Å². The normalized spacial score (nSPS) is 17.7. The molecule has 17 heavy (non-hydrogen) atoms. The van der Waals surface area contributed by atoms with Crippen molar-refractivity contribution < 1.29 is 14.7 Å². The van der Waals surface area contributed by atoms with E-state index in [4.69, 9.17) is 10.8 Å². The van der Waals surface area contributed by atoms with E-state index in [9.17, 15) is 9.59 Å². The van der Waals surface area contributed by atoms with Gasteiger partial charge in [-0.1, -0.05) is 0 Å². The monoisotopic (exact) mass is 244 g/mol. The Labute approximate surface area is 100 Å². The average molecular weight is 244 g/mol. The van der Waals surface area contributed by atoms with Gasteiger partial charge in [0.2, 0.25) is 0 Å². The van der Waals surface area contributed by atoms with Gasteiger partial charge in [-0.25, -0.2) is 4.79 Å². The first-order valence-corrected chi connectivity index (χ1v) is 5.82. The summed E-state index contributed by atoms with van der Waals surface area (Å²) in [6.45, 7) is 3.51. The second kappa shape index (κ2) is 7.08. The van der Waals surface area contributed by atoms with Gasteiger partial charge in [0.05, 0.1) is 0 Å². The molecule has 98 valence electrons. The second-order valence-electron chi connectivity index (χ2n) is 4.13. The van der Waals surface area contributed by atoms with E-state index in [0.29, 0.717) is 6.54 Å². The van der Waals surface area contributed by atoms with E-state index in [-0.39, 0.29) is 12.6 Å². The number of likely N-dealkylation sites (tertiary alicyclic amines) is 1. The van der Waals surface area contributed by atoms with Gasteiger partial charge in [-0.05, 0) is 25.9 Å². The van der Waals surface area contributed by atoms with Crippen LogP contribution in [0.15, 0.2) is 0 Å². The van der Waals surface area contributed by atoms with Crippen LogP contribution in [0.2, 0.25) is 0 Å². The Hall–Kier alpha value is -1.34. The number of nitrogens with two attached hydrogens (primary N) is 1. The lowest BCUT2D eigenvalue weighted by atomic mass is 10.3. The highest BCUT2D eigenvalue weighted by atomic mass is 16.4. The number of carboxylic acids is 1. The third kappa shape index (κ3) is 5.50. The summed E-state index contributed by atoms with van der Waals surface area (Å²) < 4.78 is 0. The van der Waals surface area contributed by atoms with Gasteiger partial charge >= 0.3 is 12.0 Å². The maximum absolute atomic E-state index is 11.3. The van der Waals surface area contributed by atoms with E-state index in [2.05, 4.69) is 15.5 Å². The van der Waals surface area contributed by atoms with Gasteiger partial charge < -0.3 is 26.4 Å². The molecule has 2 amide bonds. The fourth-order valence-corrected chi connectivity index (χ4v) is 1.69. The number of hydrogen-bond donors (Lipinski definition) is 4. The van der Waals surface area contributed by atoms with Crippen molar-refractivity contribution in [3.8, 4) is 0 Å². The first-order chi connectivity index (χ1) is 8.09. The van der Waals surface area contributed by atoms with Crippen molar-refractivity contribution in [2.24, 2.45) is 5.73 Å². The molecule has 0 bridgehead atoms. The van der Waals surface area contributed by atoms with Crippen LogP contribution in [0.3, 0.4) is 0 Å². The van der Waals surface area contributed by atoms with Gasteiger partial charge in [0, 0.05) is 19.6 Å². The van der Waals surface area contributed by atoms with Crippen LogP contribution in [0.1, 0.15) is 12.8 Å². The van der Waals surface area contributed by atoms with Gasteiger partial charge in [-0.15, -0.1) is 0 Å². The molecule has 1 atom stereocenters. The largest absolute Gasteiger partial charge is 0.480 e. The molecule has 7 heteroatoms. The fraction of sp³-hybridized carbons (Fsp3) is 0.800. The molecule has 1 aliphatic rings. The molecule has 7 nitrogen and oxygen atoms in total. The standard InChI is InChI=1S/C10H20N4O3/c11-8(9(15)16)7-13-10(17)12-3-6-14-4-1-2-5-14/h8H,1-7,11H2,(H,15,16)(H2,12,13,17). The number of carboxylic acid groups (broad SMARTS) is 1. The molecule has 1 unspecified atom stereocenters. The van der Waals surface area contributed by atoms with E-state index >= 15 is 0 Å². The quantitative estimate of drug-likeness (QED) is 0.469. The second-order valence-corrected chi connectivity index (χ2v) is 4.13. The lowest BCUT2D eigenvalue weighted by Gasteiger charge is -2.15. The van der Waals surface area contributed by atoms with Crippen molar-refractivity contribution in [1.29, 1.82) is 0 Å². The summed E-state index contributed by atoms with van der Waals surface area (Å²) in [7, 11) is 0. The minimum absolute atomic E-state index is 0.0646. The molecule has 0 saturated carbocycles. The van der Waals surface area contributed by atoms with Crippen LogP contribution >= 0.6 is 0 Å². The molecule has 0 aliphatic carbocycles. The van der Waals surface area contributed by atoms with Crippen LogP contribution in [0, 0.1) is 0 Å². The molecule has 1 rings (SSSR count). The molecule has 0 aromatic heterocycles. The zero-order chi connectivity index (χ0) is 12.7. The lowest BCUT2D eigenvalue weighted by Crippen LogP contribution is -2.47. The van der Waals surface area contributed by atoms with E-state index in [1.165, 1.54) is 12.8 Å². The third-order valence-electron chi connectivity index (χ3n) is 2.71. The number of nitrogens with one attached hydrogen (secondary N) is 2. The predicted octanol–water partition coefficient (Wildman–Crippen LogP) is -1.21. The summed E-state index contributed by atoms with van der Waals surface area (Å²) in [5.74, 6) is -1.12. The number of carbonyl (C=O) groups excluding carboxylic acids is 1. The van der Waals surface area contributed by atoms with E-state index in [0.717, 1.165) is 19.6 Å². The van der Waals surface area contributed by atoms with Crippen molar-refractivity contribution >= 4 is 12.0 Å². The van der Waals surface area contributed by atoms with Crippen molar-refractivity contribution in [3.63, 3.8) is 0 Å². The van der Waals surface area contributed by atoms with Gasteiger partial charge in [0.15, 0.2) is 0 Å². The Balaban J connectivity index is 2.02. The summed E-state index contributed by atoms with van der Waals surface area (Å²) in [6, 6.07) is -1.43. The Morgan fingerprint density at radius 3 is 2.53 bits per heavy atom. The summed E-state index contributed by atoms with van der Waals surface area (Å²) in [5.41, 5.74) is 5.24. The molecule has 1 fully saturated rings. The predicted molar refractivity (Wildman–Crippen MR) is 62.7 cm³/mol. The lowest BCUT2D eigenvalue weighted by molar-refractivity contribution is -0.138. The molecule has 0 aromatic carbocycles. The Kier molecular flexibility index (Phi) is 5.71. The van der Waals surface area contributed by atoms with E-state index in [1.807, 2.05) is 0 Å². The van der Waals surface area contributed by atoms with Gasteiger partial charge in [-0.2, -0.15) is 0 Å². The van der Waals surface area contributed by atoms with Crippen LogP contribution < -0.4 is 16.4 Å². The average Bonchev–Trinajstić information content (AvgIpc) is 2.78. The van der Waals surface area contributed by atoms with Crippen LogP contribution in [-0.2, 0) is 4.79 Å². The topological polar surface area (TPSA) is 108 Å². The maximum Gasteiger partial charge on any atom is 0.322 e. The molecule has 0 aromatic rings. The fourth-order valence-electron chi connectivity index (χ4n) is 1.69. The summed E-state index contributed by atoms with van der Waals surface area (Å²) >= 11 is 0. The van der Waals surface area contributed by atoms with Crippen molar-refractivity contribution in [2.75, 3.05) is 32.7 Å². The molecule has 5 N–H and O–H groups in total. The van der Waals surface area contributed by atoms with Crippen LogP contribution in [0.25, 0.3) is 0 Å². The van der Waals surface area contributed by atoms with E-state index < -0.39 is 12.0 Å². The van der Waals surface area contributed by atoms with Crippen molar-refractivity contribution in [3.05, 3.63) is 0 Å². The van der Waals surface area contributed by atoms with Crippen LogP contribution in [-0.4, -0.2) is 60.8 Å². The Morgan fingerprint density at radius 2 is 1.94 bits per heavy atom. The van der Waals surface area contributed by atoms with Crippen LogP contribution in [0.4, 0.5) is 4.79 Å². The molecule has 1 aliphatic heterocycles. The number of nitrogens with zero attached hydrogens (tertiary/aromatic N) is 1. The Bertz CT molecular complexity index is 266. The maximum atomic E-state index is 11.3. The SMILES string of the molecule is NC(CNC(=O)NCCN1CCCC1)C(=O)O. The molecule has 1 heterocycles. The summed E-state index contributed by atoms with van der Waals surface area (Å²) in [6.07, 6.45) is 2.44. The first kappa shape index (κ1) is 13.7.